The number of methoxy groups -OCH3 is 1. The van der Waals surface area contributed by atoms with Gasteiger partial charge in [-0.15, -0.1) is 0 Å². The summed E-state index contributed by atoms with van der Waals surface area (Å²) in [6.45, 7) is 5.44. The van der Waals surface area contributed by atoms with Crippen LogP contribution >= 0.6 is 0 Å². The summed E-state index contributed by atoms with van der Waals surface area (Å²) in [6.07, 6.45) is 0. The van der Waals surface area contributed by atoms with Crippen molar-refractivity contribution in [2.24, 2.45) is 5.92 Å². The summed E-state index contributed by atoms with van der Waals surface area (Å²) in [5, 5.41) is 9.63. The van der Waals surface area contributed by atoms with Crippen molar-refractivity contribution in [3.05, 3.63) is 23.8 Å². The van der Waals surface area contributed by atoms with Gasteiger partial charge in [0.1, 0.15) is 0 Å². The number of ether oxygens (including phenoxy) is 3. The second-order valence-corrected chi connectivity index (χ2v) is 4.70. The summed E-state index contributed by atoms with van der Waals surface area (Å²) in [4.78, 5) is 24.2. The fourth-order valence-electron chi connectivity index (χ4n) is 2.14. The van der Waals surface area contributed by atoms with Crippen LogP contribution in [0.25, 0.3) is 0 Å². The van der Waals surface area contributed by atoms with E-state index in [1.54, 1.807) is 32.9 Å². The SMILES string of the molecule is CCOC(=O)C(C(=O)OCC)[C@H](C)c1ccc(O)c(OC)c1. The fourth-order valence-corrected chi connectivity index (χ4v) is 2.14. The van der Waals surface area contributed by atoms with Crippen LogP contribution in [0.5, 0.6) is 11.5 Å². The Bertz CT molecular complexity index is 507. The van der Waals surface area contributed by atoms with Gasteiger partial charge in [-0.2, -0.15) is 0 Å². The molecule has 0 aromatic heterocycles. The van der Waals surface area contributed by atoms with Crippen LogP contribution in [-0.4, -0.2) is 37.4 Å². The Kier molecular flexibility index (Phi) is 6.69. The second kappa shape index (κ2) is 8.26. The molecule has 0 radical (unpaired) electrons. The van der Waals surface area contributed by atoms with E-state index >= 15 is 0 Å². The summed E-state index contributed by atoms with van der Waals surface area (Å²) in [5.74, 6) is -2.53. The molecule has 6 heteroatoms. The smallest absolute Gasteiger partial charge is 0.320 e. The first kappa shape index (κ1) is 17.8. The van der Waals surface area contributed by atoms with E-state index in [9.17, 15) is 14.7 Å². The monoisotopic (exact) mass is 310 g/mol. The van der Waals surface area contributed by atoms with Gasteiger partial charge in [0.05, 0.1) is 20.3 Å². The third-order valence-electron chi connectivity index (χ3n) is 3.31. The van der Waals surface area contributed by atoms with Gasteiger partial charge in [0, 0.05) is 5.92 Å². The van der Waals surface area contributed by atoms with Crippen LogP contribution < -0.4 is 4.74 Å². The van der Waals surface area contributed by atoms with Crippen molar-refractivity contribution < 1.29 is 28.9 Å². The summed E-state index contributed by atoms with van der Waals surface area (Å²) in [5.41, 5.74) is 0.667. The number of carbonyl (C=O) groups excluding carboxylic acids is 2. The molecule has 0 saturated heterocycles. The number of benzene rings is 1. The number of hydrogen-bond acceptors (Lipinski definition) is 6. The highest BCUT2D eigenvalue weighted by Gasteiger charge is 2.36. The Morgan fingerprint density at radius 1 is 1.14 bits per heavy atom. The molecule has 0 unspecified atom stereocenters. The molecule has 1 atom stereocenters. The highest BCUT2D eigenvalue weighted by atomic mass is 16.6. The molecule has 1 aromatic rings. The van der Waals surface area contributed by atoms with Gasteiger partial charge in [0.25, 0.3) is 0 Å². The lowest BCUT2D eigenvalue weighted by Gasteiger charge is -2.21. The summed E-state index contributed by atoms with van der Waals surface area (Å²) in [7, 11) is 1.43. The van der Waals surface area contributed by atoms with Crippen molar-refractivity contribution in [2.75, 3.05) is 20.3 Å². The van der Waals surface area contributed by atoms with E-state index in [0.29, 0.717) is 5.56 Å². The lowest BCUT2D eigenvalue weighted by molar-refractivity contribution is -0.162. The molecule has 122 valence electrons. The number of aromatic hydroxyl groups is 1. The van der Waals surface area contributed by atoms with Gasteiger partial charge in [-0.3, -0.25) is 9.59 Å². The number of esters is 2. The molecule has 0 heterocycles. The first-order valence-electron chi connectivity index (χ1n) is 7.16. The summed E-state index contributed by atoms with van der Waals surface area (Å²) in [6, 6.07) is 4.68. The zero-order valence-corrected chi connectivity index (χ0v) is 13.3. The van der Waals surface area contributed by atoms with Crippen molar-refractivity contribution >= 4 is 11.9 Å². The normalized spacial score (nSPS) is 11.9. The first-order chi connectivity index (χ1) is 10.5. The molecule has 0 amide bonds. The molecule has 0 aliphatic carbocycles. The number of phenolic OH excluding ortho intramolecular Hbond substituents is 1. The molecule has 0 bridgehead atoms. The average Bonchev–Trinajstić information content (AvgIpc) is 2.48. The zero-order valence-electron chi connectivity index (χ0n) is 13.3. The van der Waals surface area contributed by atoms with E-state index in [1.165, 1.54) is 13.2 Å². The molecule has 22 heavy (non-hydrogen) atoms. The third kappa shape index (κ3) is 4.13. The average molecular weight is 310 g/mol. The Labute approximate surface area is 130 Å². The van der Waals surface area contributed by atoms with Crippen molar-refractivity contribution in [1.29, 1.82) is 0 Å². The molecule has 6 nitrogen and oxygen atoms in total. The maximum Gasteiger partial charge on any atom is 0.320 e. The number of rotatable bonds is 7. The van der Waals surface area contributed by atoms with E-state index < -0.39 is 23.8 Å². The largest absolute Gasteiger partial charge is 0.504 e. The van der Waals surface area contributed by atoms with Crippen molar-refractivity contribution in [3.8, 4) is 11.5 Å². The Morgan fingerprint density at radius 3 is 2.14 bits per heavy atom. The van der Waals surface area contributed by atoms with Crippen LogP contribution in [0.4, 0.5) is 0 Å². The van der Waals surface area contributed by atoms with Crippen LogP contribution in [-0.2, 0) is 19.1 Å². The maximum atomic E-state index is 12.1. The maximum absolute atomic E-state index is 12.1. The zero-order chi connectivity index (χ0) is 16.7. The molecule has 0 spiro atoms. The van der Waals surface area contributed by atoms with Crippen LogP contribution in [0, 0.1) is 5.92 Å². The van der Waals surface area contributed by atoms with Crippen LogP contribution in [0.3, 0.4) is 0 Å². The van der Waals surface area contributed by atoms with E-state index in [0.717, 1.165) is 0 Å². The highest BCUT2D eigenvalue weighted by molar-refractivity contribution is 5.96. The molecule has 0 fully saturated rings. The van der Waals surface area contributed by atoms with Crippen LogP contribution in [0.15, 0.2) is 18.2 Å². The van der Waals surface area contributed by atoms with Crippen molar-refractivity contribution in [2.45, 2.75) is 26.7 Å². The Balaban J connectivity index is 3.12. The van der Waals surface area contributed by atoms with Gasteiger partial charge in [0.15, 0.2) is 17.4 Å². The van der Waals surface area contributed by atoms with Gasteiger partial charge < -0.3 is 19.3 Å². The number of hydrogen-bond donors (Lipinski definition) is 1. The van der Waals surface area contributed by atoms with Crippen molar-refractivity contribution in [3.63, 3.8) is 0 Å². The van der Waals surface area contributed by atoms with Crippen molar-refractivity contribution in [1.82, 2.24) is 0 Å². The molecular formula is C16H22O6. The standard InChI is InChI=1S/C16H22O6/c1-5-21-15(18)14(16(19)22-6-2)10(3)11-7-8-12(17)13(9-11)20-4/h7-10,14,17H,5-6H2,1-4H3/t10-/m1/s1. The molecule has 0 aliphatic rings. The van der Waals surface area contributed by atoms with Gasteiger partial charge in [-0.05, 0) is 31.5 Å². The predicted molar refractivity (Wildman–Crippen MR) is 79.8 cm³/mol. The molecule has 1 aromatic carbocycles. The van der Waals surface area contributed by atoms with Gasteiger partial charge in [0.2, 0.25) is 0 Å². The first-order valence-corrected chi connectivity index (χ1v) is 7.16. The molecular weight excluding hydrogens is 288 g/mol. The lowest BCUT2D eigenvalue weighted by atomic mass is 9.87. The molecule has 0 aliphatic heterocycles. The third-order valence-corrected chi connectivity index (χ3v) is 3.31. The fraction of sp³-hybridized carbons (Fsp3) is 0.500. The van der Waals surface area contributed by atoms with Gasteiger partial charge >= 0.3 is 11.9 Å². The minimum absolute atomic E-state index is 0.0118. The van der Waals surface area contributed by atoms with Gasteiger partial charge in [-0.1, -0.05) is 13.0 Å². The lowest BCUT2D eigenvalue weighted by Crippen LogP contribution is -2.32. The highest BCUT2D eigenvalue weighted by Crippen LogP contribution is 2.33. The minimum Gasteiger partial charge on any atom is -0.504 e. The van der Waals surface area contributed by atoms with E-state index in [4.69, 9.17) is 14.2 Å². The Hall–Kier alpha value is -2.24. The van der Waals surface area contributed by atoms with Gasteiger partial charge in [-0.25, -0.2) is 0 Å². The number of phenols is 1. The van der Waals surface area contributed by atoms with E-state index in [1.807, 2.05) is 0 Å². The summed E-state index contributed by atoms with van der Waals surface area (Å²) >= 11 is 0. The molecule has 1 N–H and O–H groups in total. The van der Waals surface area contributed by atoms with E-state index in [2.05, 4.69) is 0 Å². The quantitative estimate of drug-likeness (QED) is 0.614. The molecule has 1 rings (SSSR count). The summed E-state index contributed by atoms with van der Waals surface area (Å²) < 4.78 is 15.0. The second-order valence-electron chi connectivity index (χ2n) is 4.70. The number of carbonyl (C=O) groups is 2. The predicted octanol–water partition coefficient (Wildman–Crippen LogP) is 2.25. The van der Waals surface area contributed by atoms with Crippen LogP contribution in [0.1, 0.15) is 32.3 Å². The molecule has 0 saturated carbocycles. The van der Waals surface area contributed by atoms with E-state index in [-0.39, 0.29) is 24.7 Å². The topological polar surface area (TPSA) is 82.1 Å². The van der Waals surface area contributed by atoms with Crippen LogP contribution in [0.2, 0.25) is 0 Å². The Morgan fingerprint density at radius 2 is 1.68 bits per heavy atom. The minimum atomic E-state index is -1.06.